The van der Waals surface area contributed by atoms with Crippen molar-refractivity contribution in [3.05, 3.63) is 34.3 Å². The summed E-state index contributed by atoms with van der Waals surface area (Å²) in [6.45, 7) is 5.13. The lowest BCUT2D eigenvalue weighted by Crippen LogP contribution is -2.45. The fourth-order valence-corrected chi connectivity index (χ4v) is 2.30. The summed E-state index contributed by atoms with van der Waals surface area (Å²) in [6, 6.07) is 8.30. The molecule has 1 amide bonds. The van der Waals surface area contributed by atoms with Gasteiger partial charge in [-0.1, -0.05) is 28.1 Å². The average Bonchev–Trinajstić information content (AvgIpc) is 2.46. The van der Waals surface area contributed by atoms with E-state index in [4.69, 9.17) is 4.74 Å². The SMILES string of the molecule is C[C@@H](NCC(=O)N1CCOCC1)c1ccc(Br)cc1. The van der Waals surface area contributed by atoms with Crippen molar-refractivity contribution in [1.29, 1.82) is 0 Å². The molecule has 19 heavy (non-hydrogen) atoms. The Bertz CT molecular complexity index is 416. The molecule has 0 unspecified atom stereocenters. The summed E-state index contributed by atoms with van der Waals surface area (Å²) >= 11 is 3.42. The third-order valence-electron chi connectivity index (χ3n) is 3.29. The van der Waals surface area contributed by atoms with E-state index in [0.717, 1.165) is 4.47 Å². The number of nitrogens with one attached hydrogen (secondary N) is 1. The topological polar surface area (TPSA) is 41.6 Å². The molecule has 0 spiro atoms. The molecular formula is C14H19BrN2O2. The van der Waals surface area contributed by atoms with Gasteiger partial charge in [0.05, 0.1) is 19.8 Å². The van der Waals surface area contributed by atoms with E-state index < -0.39 is 0 Å². The second-order valence-electron chi connectivity index (χ2n) is 4.65. The number of amides is 1. The van der Waals surface area contributed by atoms with Crippen molar-refractivity contribution in [2.75, 3.05) is 32.8 Å². The molecule has 1 fully saturated rings. The van der Waals surface area contributed by atoms with Crippen LogP contribution in [-0.2, 0) is 9.53 Å². The summed E-state index contributed by atoms with van der Waals surface area (Å²) in [4.78, 5) is 13.8. The smallest absolute Gasteiger partial charge is 0.236 e. The maximum absolute atomic E-state index is 12.0. The molecular weight excluding hydrogens is 308 g/mol. The highest BCUT2D eigenvalue weighted by atomic mass is 79.9. The number of ether oxygens (including phenoxy) is 1. The molecule has 1 aliphatic heterocycles. The zero-order chi connectivity index (χ0) is 13.7. The average molecular weight is 327 g/mol. The molecule has 4 nitrogen and oxygen atoms in total. The largest absolute Gasteiger partial charge is 0.378 e. The molecule has 2 rings (SSSR count). The van der Waals surface area contributed by atoms with Crippen LogP contribution in [0.25, 0.3) is 0 Å². The fraction of sp³-hybridized carbons (Fsp3) is 0.500. The van der Waals surface area contributed by atoms with Gasteiger partial charge >= 0.3 is 0 Å². The van der Waals surface area contributed by atoms with Crippen LogP contribution in [0.15, 0.2) is 28.7 Å². The van der Waals surface area contributed by atoms with E-state index >= 15 is 0 Å². The van der Waals surface area contributed by atoms with Gasteiger partial charge in [-0.25, -0.2) is 0 Å². The molecule has 1 atom stereocenters. The number of hydrogen-bond acceptors (Lipinski definition) is 3. The maximum Gasteiger partial charge on any atom is 0.236 e. The standard InChI is InChI=1S/C14H19BrN2O2/c1-11(12-2-4-13(15)5-3-12)16-10-14(18)17-6-8-19-9-7-17/h2-5,11,16H,6-10H2,1H3/t11-/m1/s1. The van der Waals surface area contributed by atoms with Gasteiger partial charge in [-0.05, 0) is 24.6 Å². The molecule has 1 saturated heterocycles. The first kappa shape index (κ1) is 14.5. The van der Waals surface area contributed by atoms with Crippen molar-refractivity contribution in [3.8, 4) is 0 Å². The minimum Gasteiger partial charge on any atom is -0.378 e. The van der Waals surface area contributed by atoms with Crippen molar-refractivity contribution in [2.24, 2.45) is 0 Å². The number of carbonyl (C=O) groups excluding carboxylic acids is 1. The molecule has 0 radical (unpaired) electrons. The summed E-state index contributed by atoms with van der Waals surface area (Å²) in [5.41, 5.74) is 1.18. The van der Waals surface area contributed by atoms with Gasteiger partial charge in [-0.3, -0.25) is 4.79 Å². The molecule has 0 bridgehead atoms. The lowest BCUT2D eigenvalue weighted by Gasteiger charge is -2.27. The first-order valence-corrected chi connectivity index (χ1v) is 7.30. The van der Waals surface area contributed by atoms with Crippen molar-refractivity contribution in [3.63, 3.8) is 0 Å². The highest BCUT2D eigenvalue weighted by Gasteiger charge is 2.17. The van der Waals surface area contributed by atoms with Crippen LogP contribution in [0.4, 0.5) is 0 Å². The van der Waals surface area contributed by atoms with Crippen LogP contribution in [-0.4, -0.2) is 43.7 Å². The predicted molar refractivity (Wildman–Crippen MR) is 78.0 cm³/mol. The first-order chi connectivity index (χ1) is 9.16. The normalized spacial score (nSPS) is 17.3. The third-order valence-corrected chi connectivity index (χ3v) is 3.82. The van der Waals surface area contributed by atoms with Gasteiger partial charge in [0.2, 0.25) is 5.91 Å². The van der Waals surface area contributed by atoms with Crippen molar-refractivity contribution in [2.45, 2.75) is 13.0 Å². The number of hydrogen-bond donors (Lipinski definition) is 1. The number of benzene rings is 1. The van der Waals surface area contributed by atoms with Crippen molar-refractivity contribution in [1.82, 2.24) is 10.2 Å². The molecule has 1 aromatic rings. The lowest BCUT2D eigenvalue weighted by molar-refractivity contribution is -0.134. The minimum atomic E-state index is 0.146. The van der Waals surface area contributed by atoms with Gasteiger partial charge in [0.1, 0.15) is 0 Å². The van der Waals surface area contributed by atoms with Crippen LogP contribution in [0, 0.1) is 0 Å². The zero-order valence-corrected chi connectivity index (χ0v) is 12.6. The Balaban J connectivity index is 1.80. The summed E-state index contributed by atoms with van der Waals surface area (Å²) in [5.74, 6) is 0.146. The van der Waals surface area contributed by atoms with E-state index in [1.165, 1.54) is 5.56 Å². The molecule has 1 aromatic carbocycles. The fourth-order valence-electron chi connectivity index (χ4n) is 2.03. The maximum atomic E-state index is 12.0. The second kappa shape index (κ2) is 7.03. The quantitative estimate of drug-likeness (QED) is 0.919. The first-order valence-electron chi connectivity index (χ1n) is 6.51. The number of nitrogens with zero attached hydrogens (tertiary/aromatic N) is 1. The Morgan fingerprint density at radius 1 is 1.37 bits per heavy atom. The molecule has 104 valence electrons. The van der Waals surface area contributed by atoms with E-state index in [1.54, 1.807) is 0 Å². The van der Waals surface area contributed by atoms with E-state index in [-0.39, 0.29) is 11.9 Å². The van der Waals surface area contributed by atoms with E-state index in [9.17, 15) is 4.79 Å². The molecule has 1 aliphatic rings. The number of carbonyl (C=O) groups is 1. The van der Waals surface area contributed by atoms with Crippen LogP contribution >= 0.6 is 15.9 Å². The third kappa shape index (κ3) is 4.30. The monoisotopic (exact) mass is 326 g/mol. The molecule has 0 aliphatic carbocycles. The van der Waals surface area contributed by atoms with Gasteiger partial charge < -0.3 is 15.0 Å². The Morgan fingerprint density at radius 3 is 2.63 bits per heavy atom. The Kier molecular flexibility index (Phi) is 5.36. The summed E-state index contributed by atoms with van der Waals surface area (Å²) in [5, 5.41) is 3.27. The number of halogens is 1. The van der Waals surface area contributed by atoms with Gasteiger partial charge in [-0.15, -0.1) is 0 Å². The summed E-state index contributed by atoms with van der Waals surface area (Å²) in [7, 11) is 0. The summed E-state index contributed by atoms with van der Waals surface area (Å²) < 4.78 is 6.30. The van der Waals surface area contributed by atoms with Crippen LogP contribution in [0.3, 0.4) is 0 Å². The van der Waals surface area contributed by atoms with Gasteiger partial charge in [0.15, 0.2) is 0 Å². The predicted octanol–water partition coefficient (Wildman–Crippen LogP) is 1.96. The van der Waals surface area contributed by atoms with Crippen LogP contribution in [0.5, 0.6) is 0 Å². The van der Waals surface area contributed by atoms with E-state index in [0.29, 0.717) is 32.8 Å². The zero-order valence-electron chi connectivity index (χ0n) is 11.1. The number of morpholine rings is 1. The van der Waals surface area contributed by atoms with Gasteiger partial charge in [0, 0.05) is 23.6 Å². The molecule has 1 N–H and O–H groups in total. The second-order valence-corrected chi connectivity index (χ2v) is 5.56. The highest BCUT2D eigenvalue weighted by Crippen LogP contribution is 2.16. The van der Waals surface area contributed by atoms with Crippen molar-refractivity contribution >= 4 is 21.8 Å². The van der Waals surface area contributed by atoms with Crippen LogP contribution < -0.4 is 5.32 Å². The van der Waals surface area contributed by atoms with Gasteiger partial charge in [-0.2, -0.15) is 0 Å². The minimum absolute atomic E-state index is 0.146. The Hall–Kier alpha value is -0.910. The molecule has 5 heteroatoms. The Labute approximate surface area is 122 Å². The molecule has 1 heterocycles. The van der Waals surface area contributed by atoms with Gasteiger partial charge in [0.25, 0.3) is 0 Å². The molecule has 0 aromatic heterocycles. The lowest BCUT2D eigenvalue weighted by atomic mass is 10.1. The van der Waals surface area contributed by atoms with E-state index in [2.05, 4.69) is 40.3 Å². The van der Waals surface area contributed by atoms with E-state index in [1.807, 2.05) is 17.0 Å². The number of rotatable bonds is 4. The van der Waals surface area contributed by atoms with Crippen LogP contribution in [0.1, 0.15) is 18.5 Å². The van der Waals surface area contributed by atoms with Crippen molar-refractivity contribution < 1.29 is 9.53 Å². The molecule has 0 saturated carbocycles. The summed E-state index contributed by atoms with van der Waals surface area (Å²) in [6.07, 6.45) is 0. The highest BCUT2D eigenvalue weighted by molar-refractivity contribution is 9.10. The Morgan fingerprint density at radius 2 is 2.00 bits per heavy atom. The van der Waals surface area contributed by atoms with Crippen LogP contribution in [0.2, 0.25) is 0 Å².